The minimum atomic E-state index is -2.84. The molecule has 5 nitrogen and oxygen atoms in total. The van der Waals surface area contributed by atoms with E-state index < -0.39 is 9.84 Å². The van der Waals surface area contributed by atoms with E-state index in [9.17, 15) is 13.2 Å². The topological polar surface area (TPSA) is 75.3 Å². The normalized spacial score (nSPS) is 29.8. The number of piperidine rings is 1. The van der Waals surface area contributed by atoms with Crippen LogP contribution in [0.4, 0.5) is 0 Å². The Kier molecular flexibility index (Phi) is 4.04. The van der Waals surface area contributed by atoms with E-state index in [1.54, 1.807) is 0 Å². The summed E-state index contributed by atoms with van der Waals surface area (Å²) in [4.78, 5) is 11.9. The summed E-state index contributed by atoms with van der Waals surface area (Å²) in [5.41, 5.74) is 0. The number of hydrogen-bond donors (Lipinski definition) is 2. The van der Waals surface area contributed by atoms with Crippen molar-refractivity contribution < 1.29 is 13.2 Å². The third kappa shape index (κ3) is 3.67. The molecule has 0 spiro atoms. The zero-order valence-electron chi connectivity index (χ0n) is 9.94. The highest BCUT2D eigenvalue weighted by molar-refractivity contribution is 7.91. The van der Waals surface area contributed by atoms with Crippen LogP contribution in [0.1, 0.15) is 32.1 Å². The van der Waals surface area contributed by atoms with Crippen molar-refractivity contribution in [3.05, 3.63) is 0 Å². The molecule has 0 saturated carbocycles. The number of carbonyl (C=O) groups excluding carboxylic acids is 1. The molecule has 1 atom stereocenters. The van der Waals surface area contributed by atoms with Crippen LogP contribution in [0.5, 0.6) is 0 Å². The second-order valence-electron chi connectivity index (χ2n) is 4.94. The first-order valence-electron chi connectivity index (χ1n) is 6.31. The van der Waals surface area contributed by atoms with Gasteiger partial charge in [0.15, 0.2) is 0 Å². The van der Waals surface area contributed by atoms with Gasteiger partial charge in [0, 0.05) is 6.04 Å². The van der Waals surface area contributed by atoms with Crippen molar-refractivity contribution in [2.75, 3.05) is 18.1 Å². The average Bonchev–Trinajstić information content (AvgIpc) is 2.33. The first-order valence-corrected chi connectivity index (χ1v) is 8.13. The molecule has 0 aromatic carbocycles. The van der Waals surface area contributed by atoms with Crippen molar-refractivity contribution in [1.29, 1.82) is 0 Å². The standard InChI is InChI=1S/C11H20N2O3S/c14-11(10-3-1-2-6-12-10)13-9-4-7-17(15,16)8-5-9/h9-10,12H,1-8H2,(H,13,14). The Morgan fingerprint density at radius 2 is 1.82 bits per heavy atom. The zero-order chi connectivity index (χ0) is 12.3. The molecule has 2 saturated heterocycles. The molecule has 0 aromatic rings. The van der Waals surface area contributed by atoms with Crippen molar-refractivity contribution >= 4 is 15.7 Å². The molecule has 0 bridgehead atoms. The van der Waals surface area contributed by atoms with Crippen LogP contribution in [0.2, 0.25) is 0 Å². The van der Waals surface area contributed by atoms with Crippen LogP contribution in [0.25, 0.3) is 0 Å². The highest BCUT2D eigenvalue weighted by atomic mass is 32.2. The van der Waals surface area contributed by atoms with Crippen LogP contribution in [0.15, 0.2) is 0 Å². The third-order valence-corrected chi connectivity index (χ3v) is 5.24. The van der Waals surface area contributed by atoms with Gasteiger partial charge in [-0.3, -0.25) is 4.79 Å². The molecule has 1 amide bonds. The fraction of sp³-hybridized carbons (Fsp3) is 0.909. The van der Waals surface area contributed by atoms with Crippen molar-refractivity contribution in [2.45, 2.75) is 44.2 Å². The quantitative estimate of drug-likeness (QED) is 0.722. The van der Waals surface area contributed by atoms with Crippen LogP contribution < -0.4 is 10.6 Å². The molecular weight excluding hydrogens is 240 g/mol. The fourth-order valence-corrected chi connectivity index (χ4v) is 3.90. The Balaban J connectivity index is 1.79. The predicted molar refractivity (Wildman–Crippen MR) is 65.5 cm³/mol. The maximum atomic E-state index is 11.9. The number of carbonyl (C=O) groups is 1. The van der Waals surface area contributed by atoms with Gasteiger partial charge in [-0.15, -0.1) is 0 Å². The van der Waals surface area contributed by atoms with E-state index in [1.165, 1.54) is 0 Å². The van der Waals surface area contributed by atoms with Crippen molar-refractivity contribution in [1.82, 2.24) is 10.6 Å². The van der Waals surface area contributed by atoms with Gasteiger partial charge in [-0.2, -0.15) is 0 Å². The van der Waals surface area contributed by atoms with Gasteiger partial charge in [-0.1, -0.05) is 6.42 Å². The van der Waals surface area contributed by atoms with Crippen LogP contribution in [-0.2, 0) is 14.6 Å². The van der Waals surface area contributed by atoms with E-state index in [4.69, 9.17) is 0 Å². The molecule has 2 aliphatic rings. The van der Waals surface area contributed by atoms with Crippen LogP contribution in [0, 0.1) is 0 Å². The number of nitrogens with one attached hydrogen (secondary N) is 2. The van der Waals surface area contributed by atoms with E-state index in [-0.39, 0.29) is 29.5 Å². The Bertz CT molecular complexity index is 360. The lowest BCUT2D eigenvalue weighted by Gasteiger charge is -2.27. The summed E-state index contributed by atoms with van der Waals surface area (Å²) in [7, 11) is -2.84. The molecule has 2 N–H and O–H groups in total. The average molecular weight is 260 g/mol. The highest BCUT2D eigenvalue weighted by Crippen LogP contribution is 2.13. The third-order valence-electron chi connectivity index (χ3n) is 3.53. The molecule has 1 unspecified atom stereocenters. The van der Waals surface area contributed by atoms with E-state index in [1.807, 2.05) is 0 Å². The van der Waals surface area contributed by atoms with Gasteiger partial charge in [-0.05, 0) is 32.2 Å². The van der Waals surface area contributed by atoms with Crippen LogP contribution in [-0.4, -0.2) is 44.5 Å². The molecule has 98 valence electrons. The van der Waals surface area contributed by atoms with Gasteiger partial charge in [0.1, 0.15) is 9.84 Å². The Morgan fingerprint density at radius 1 is 1.12 bits per heavy atom. The fourth-order valence-electron chi connectivity index (χ4n) is 2.41. The summed E-state index contributed by atoms with van der Waals surface area (Å²) in [5.74, 6) is 0.445. The second kappa shape index (κ2) is 5.35. The number of amides is 1. The van der Waals surface area contributed by atoms with Crippen LogP contribution in [0.3, 0.4) is 0 Å². The van der Waals surface area contributed by atoms with Gasteiger partial charge in [0.05, 0.1) is 17.5 Å². The van der Waals surface area contributed by atoms with Gasteiger partial charge < -0.3 is 10.6 Å². The van der Waals surface area contributed by atoms with E-state index >= 15 is 0 Å². The largest absolute Gasteiger partial charge is 0.352 e. The van der Waals surface area contributed by atoms with Crippen molar-refractivity contribution in [3.8, 4) is 0 Å². The molecule has 2 heterocycles. The number of rotatable bonds is 2. The lowest BCUT2D eigenvalue weighted by atomic mass is 10.0. The van der Waals surface area contributed by atoms with E-state index in [2.05, 4.69) is 10.6 Å². The summed E-state index contributed by atoms with van der Waals surface area (Å²) in [6.07, 6.45) is 4.22. The monoisotopic (exact) mass is 260 g/mol. The number of sulfone groups is 1. The lowest BCUT2D eigenvalue weighted by Crippen LogP contribution is -2.51. The Labute approximate surface area is 102 Å². The molecule has 0 aromatic heterocycles. The molecular formula is C11H20N2O3S. The smallest absolute Gasteiger partial charge is 0.237 e. The summed E-state index contributed by atoms with van der Waals surface area (Å²) in [6.45, 7) is 0.900. The summed E-state index contributed by atoms with van der Waals surface area (Å²) in [5, 5.41) is 6.15. The summed E-state index contributed by atoms with van der Waals surface area (Å²) < 4.78 is 22.5. The molecule has 0 aliphatic carbocycles. The molecule has 2 fully saturated rings. The van der Waals surface area contributed by atoms with Gasteiger partial charge >= 0.3 is 0 Å². The SMILES string of the molecule is O=C(NC1CCS(=O)(=O)CC1)C1CCCCN1. The molecule has 2 rings (SSSR count). The predicted octanol–water partition coefficient (Wildman–Crippen LogP) is -0.178. The van der Waals surface area contributed by atoms with Gasteiger partial charge in [-0.25, -0.2) is 8.42 Å². The molecule has 2 aliphatic heterocycles. The lowest BCUT2D eigenvalue weighted by molar-refractivity contribution is -0.124. The van der Waals surface area contributed by atoms with Gasteiger partial charge in [0.25, 0.3) is 0 Å². The zero-order valence-corrected chi connectivity index (χ0v) is 10.8. The second-order valence-corrected chi connectivity index (χ2v) is 7.24. The first-order chi connectivity index (χ1) is 8.07. The minimum absolute atomic E-state index is 0.0361. The summed E-state index contributed by atoms with van der Waals surface area (Å²) in [6, 6.07) is -0.0444. The highest BCUT2D eigenvalue weighted by Gasteiger charge is 2.27. The number of hydrogen-bond acceptors (Lipinski definition) is 4. The maximum absolute atomic E-state index is 11.9. The molecule has 6 heteroatoms. The first kappa shape index (κ1) is 12.8. The van der Waals surface area contributed by atoms with Crippen LogP contribution >= 0.6 is 0 Å². The van der Waals surface area contributed by atoms with E-state index in [0.717, 1.165) is 25.8 Å². The van der Waals surface area contributed by atoms with Crippen molar-refractivity contribution in [3.63, 3.8) is 0 Å². The summed E-state index contributed by atoms with van der Waals surface area (Å²) >= 11 is 0. The van der Waals surface area contributed by atoms with Gasteiger partial charge in [0.2, 0.25) is 5.91 Å². The van der Waals surface area contributed by atoms with Crippen molar-refractivity contribution in [2.24, 2.45) is 0 Å². The Hall–Kier alpha value is -0.620. The molecule has 0 radical (unpaired) electrons. The van der Waals surface area contributed by atoms with E-state index in [0.29, 0.717) is 12.8 Å². The maximum Gasteiger partial charge on any atom is 0.237 e. The molecule has 17 heavy (non-hydrogen) atoms. The minimum Gasteiger partial charge on any atom is -0.352 e. The Morgan fingerprint density at radius 3 is 2.41 bits per heavy atom.